The minimum Gasteiger partial charge on any atom is -0.481 e. The summed E-state index contributed by atoms with van der Waals surface area (Å²) in [6, 6.07) is -0.527. The third kappa shape index (κ3) is 3.54. The van der Waals surface area contributed by atoms with Crippen molar-refractivity contribution < 1.29 is 24.3 Å². The fraction of sp³-hybridized carbons (Fsp3) is 0.364. The molecule has 1 aromatic heterocycles. The molecule has 0 atom stereocenters. The van der Waals surface area contributed by atoms with Crippen LogP contribution in [0.4, 0.5) is 9.93 Å². The fourth-order valence-electron chi connectivity index (χ4n) is 1.73. The zero-order valence-electron chi connectivity index (χ0n) is 11.0. The van der Waals surface area contributed by atoms with Crippen LogP contribution < -0.4 is 5.32 Å². The average molecular weight is 312 g/mol. The number of nitrogens with zero attached hydrogens (tertiary/aromatic N) is 3. The number of likely N-dealkylation sites (N-methyl/N-ethyl adjacent to an activating group) is 1. The van der Waals surface area contributed by atoms with E-state index in [0.29, 0.717) is 5.69 Å². The van der Waals surface area contributed by atoms with Crippen LogP contribution in [0.15, 0.2) is 5.38 Å². The Morgan fingerprint density at radius 2 is 2.19 bits per heavy atom. The van der Waals surface area contributed by atoms with E-state index in [1.807, 2.05) is 0 Å². The summed E-state index contributed by atoms with van der Waals surface area (Å²) in [6.07, 6.45) is -0.236. The van der Waals surface area contributed by atoms with Crippen LogP contribution in [0.5, 0.6) is 0 Å². The highest BCUT2D eigenvalue weighted by atomic mass is 32.1. The van der Waals surface area contributed by atoms with Crippen molar-refractivity contribution in [3.63, 3.8) is 0 Å². The molecule has 112 valence electrons. The summed E-state index contributed by atoms with van der Waals surface area (Å²) >= 11 is 1.07. The van der Waals surface area contributed by atoms with Crippen LogP contribution in [0, 0.1) is 0 Å². The lowest BCUT2D eigenvalue weighted by atomic mass is 10.3. The molecular weight excluding hydrogens is 300 g/mol. The molecule has 0 unspecified atom stereocenters. The van der Waals surface area contributed by atoms with Gasteiger partial charge in [-0.25, -0.2) is 9.78 Å². The largest absolute Gasteiger partial charge is 0.481 e. The molecule has 1 saturated heterocycles. The van der Waals surface area contributed by atoms with E-state index in [1.54, 1.807) is 0 Å². The number of carbonyl (C=O) groups excluding carboxylic acids is 3. The van der Waals surface area contributed by atoms with Crippen molar-refractivity contribution in [1.82, 2.24) is 14.8 Å². The van der Waals surface area contributed by atoms with Crippen molar-refractivity contribution in [3.05, 3.63) is 11.1 Å². The molecule has 10 heteroatoms. The Kier molecular flexibility index (Phi) is 4.17. The van der Waals surface area contributed by atoms with Crippen molar-refractivity contribution >= 4 is 40.3 Å². The van der Waals surface area contributed by atoms with Crippen LogP contribution in [0.2, 0.25) is 0 Å². The number of rotatable bonds is 5. The Labute approximate surface area is 123 Å². The minimum atomic E-state index is -1.02. The number of thiazole rings is 1. The molecule has 21 heavy (non-hydrogen) atoms. The van der Waals surface area contributed by atoms with E-state index >= 15 is 0 Å². The number of carboxylic acid groups (broad SMARTS) is 1. The van der Waals surface area contributed by atoms with Crippen LogP contribution in [-0.4, -0.2) is 63.8 Å². The molecule has 2 N–H and O–H groups in total. The van der Waals surface area contributed by atoms with E-state index in [9.17, 15) is 19.2 Å². The second kappa shape index (κ2) is 5.87. The van der Waals surface area contributed by atoms with Crippen molar-refractivity contribution in [1.29, 1.82) is 0 Å². The first kappa shape index (κ1) is 14.9. The van der Waals surface area contributed by atoms with Gasteiger partial charge in [0.2, 0.25) is 5.91 Å². The van der Waals surface area contributed by atoms with Gasteiger partial charge in [0.1, 0.15) is 13.1 Å². The van der Waals surface area contributed by atoms with Gasteiger partial charge in [-0.2, -0.15) is 0 Å². The summed E-state index contributed by atoms with van der Waals surface area (Å²) < 4.78 is 0. The van der Waals surface area contributed by atoms with Crippen LogP contribution in [0.3, 0.4) is 0 Å². The molecule has 1 fully saturated rings. The smallest absolute Gasteiger partial charge is 0.327 e. The first-order chi connectivity index (χ1) is 9.86. The molecule has 0 saturated carbocycles. The molecule has 0 bridgehead atoms. The van der Waals surface area contributed by atoms with E-state index < -0.39 is 30.4 Å². The lowest BCUT2D eigenvalue weighted by Gasteiger charge is -2.12. The number of aromatic nitrogens is 1. The summed E-state index contributed by atoms with van der Waals surface area (Å²) in [5, 5.41) is 12.8. The van der Waals surface area contributed by atoms with Crippen LogP contribution in [-0.2, 0) is 20.8 Å². The quantitative estimate of drug-likeness (QED) is 0.714. The standard InChI is InChI=1S/C11H12N4O5S/c1-14-4-8(17)15(11(14)20)3-7(16)13-10-12-6(5-21-10)2-9(18)19/h5H,2-4H2,1H3,(H,18,19)(H,12,13,16). The summed E-state index contributed by atoms with van der Waals surface area (Å²) in [4.78, 5) is 51.4. The number of carbonyl (C=O) groups is 4. The van der Waals surface area contributed by atoms with Gasteiger partial charge in [0, 0.05) is 12.4 Å². The maximum absolute atomic E-state index is 11.8. The zero-order valence-corrected chi connectivity index (χ0v) is 11.8. The van der Waals surface area contributed by atoms with Gasteiger partial charge in [0.15, 0.2) is 5.13 Å². The van der Waals surface area contributed by atoms with E-state index in [0.717, 1.165) is 16.2 Å². The molecule has 0 radical (unpaired) electrons. The highest BCUT2D eigenvalue weighted by molar-refractivity contribution is 7.13. The minimum absolute atomic E-state index is 0.0495. The molecule has 9 nitrogen and oxygen atoms in total. The second-order valence-corrected chi connectivity index (χ2v) is 5.24. The molecule has 2 rings (SSSR count). The molecule has 2 heterocycles. The van der Waals surface area contributed by atoms with Gasteiger partial charge in [-0.15, -0.1) is 11.3 Å². The van der Waals surface area contributed by atoms with Gasteiger partial charge in [-0.1, -0.05) is 0 Å². The van der Waals surface area contributed by atoms with Gasteiger partial charge >= 0.3 is 12.0 Å². The summed E-state index contributed by atoms with van der Waals surface area (Å²) in [7, 11) is 1.47. The molecule has 1 aliphatic heterocycles. The number of carboxylic acids is 1. The number of imide groups is 1. The van der Waals surface area contributed by atoms with Crippen LogP contribution >= 0.6 is 11.3 Å². The highest BCUT2D eigenvalue weighted by Crippen LogP contribution is 2.16. The number of aliphatic carboxylic acids is 1. The first-order valence-electron chi connectivity index (χ1n) is 5.88. The van der Waals surface area contributed by atoms with Crippen molar-refractivity contribution in [3.8, 4) is 0 Å². The summed E-state index contributed by atoms with van der Waals surface area (Å²) in [6.45, 7) is -0.442. The van der Waals surface area contributed by atoms with Gasteiger partial charge in [-0.05, 0) is 0 Å². The predicted octanol–water partition coefficient (Wildman–Crippen LogP) is -0.397. The number of amides is 4. The SMILES string of the molecule is CN1CC(=O)N(CC(=O)Nc2nc(CC(=O)O)cs2)C1=O. The van der Waals surface area contributed by atoms with E-state index in [-0.39, 0.29) is 18.1 Å². The Balaban J connectivity index is 1.93. The van der Waals surface area contributed by atoms with Crippen molar-refractivity contribution in [2.75, 3.05) is 25.5 Å². The third-order valence-corrected chi connectivity index (χ3v) is 3.47. The number of hydrogen-bond acceptors (Lipinski definition) is 6. The summed E-state index contributed by atoms with van der Waals surface area (Å²) in [5.74, 6) is -2.03. The highest BCUT2D eigenvalue weighted by Gasteiger charge is 2.34. The maximum atomic E-state index is 11.8. The fourth-order valence-corrected chi connectivity index (χ4v) is 2.45. The Hall–Kier alpha value is -2.49. The Bertz CT molecular complexity index is 614. The molecule has 4 amide bonds. The molecule has 1 aromatic rings. The van der Waals surface area contributed by atoms with Crippen molar-refractivity contribution in [2.45, 2.75) is 6.42 Å². The maximum Gasteiger partial charge on any atom is 0.327 e. The summed E-state index contributed by atoms with van der Waals surface area (Å²) in [5.41, 5.74) is 0.329. The van der Waals surface area contributed by atoms with Gasteiger partial charge in [0.25, 0.3) is 5.91 Å². The Morgan fingerprint density at radius 1 is 1.48 bits per heavy atom. The van der Waals surface area contributed by atoms with Crippen molar-refractivity contribution in [2.24, 2.45) is 0 Å². The lowest BCUT2D eigenvalue weighted by Crippen LogP contribution is -2.38. The van der Waals surface area contributed by atoms with Crippen LogP contribution in [0.25, 0.3) is 0 Å². The monoisotopic (exact) mass is 312 g/mol. The average Bonchev–Trinajstić information content (AvgIpc) is 2.89. The van der Waals surface area contributed by atoms with Gasteiger partial charge < -0.3 is 15.3 Å². The molecule has 1 aliphatic rings. The number of nitrogens with one attached hydrogen (secondary N) is 1. The molecule has 0 aliphatic carbocycles. The third-order valence-electron chi connectivity index (χ3n) is 2.66. The number of anilines is 1. The molecule has 0 spiro atoms. The molecular formula is C11H12N4O5S. The second-order valence-electron chi connectivity index (χ2n) is 4.38. The predicted molar refractivity (Wildman–Crippen MR) is 71.8 cm³/mol. The van der Waals surface area contributed by atoms with Crippen LogP contribution in [0.1, 0.15) is 5.69 Å². The van der Waals surface area contributed by atoms with Gasteiger partial charge in [-0.3, -0.25) is 19.3 Å². The Morgan fingerprint density at radius 3 is 2.76 bits per heavy atom. The van der Waals surface area contributed by atoms with E-state index in [2.05, 4.69) is 10.3 Å². The van der Waals surface area contributed by atoms with E-state index in [1.165, 1.54) is 17.3 Å². The molecule has 0 aromatic carbocycles. The number of hydrogen-bond donors (Lipinski definition) is 2. The van der Waals surface area contributed by atoms with E-state index in [4.69, 9.17) is 5.11 Å². The van der Waals surface area contributed by atoms with Gasteiger partial charge in [0.05, 0.1) is 12.1 Å². The zero-order chi connectivity index (χ0) is 15.6. The lowest BCUT2D eigenvalue weighted by molar-refractivity contribution is -0.136. The first-order valence-corrected chi connectivity index (χ1v) is 6.76. The normalized spacial score (nSPS) is 14.7. The number of urea groups is 1. The topological polar surface area (TPSA) is 120 Å².